The molecule has 1 aromatic carbocycles. The molecule has 1 amide bonds. The summed E-state index contributed by atoms with van der Waals surface area (Å²) in [5.41, 5.74) is 7.55. The van der Waals surface area contributed by atoms with Crippen LogP contribution in [-0.4, -0.2) is 33.4 Å². The fourth-order valence-electron chi connectivity index (χ4n) is 3.43. The Morgan fingerprint density at radius 2 is 2.27 bits per heavy atom. The summed E-state index contributed by atoms with van der Waals surface area (Å²) in [6, 6.07) is 7.72. The van der Waals surface area contributed by atoms with E-state index in [1.165, 1.54) is 17.3 Å². The minimum atomic E-state index is -0.381. The van der Waals surface area contributed by atoms with Crippen LogP contribution in [0.2, 0.25) is 0 Å². The number of primary amides is 1. The number of amides is 1. The number of carbonyl (C=O) groups is 1. The Bertz CT molecular complexity index is 1030. The van der Waals surface area contributed by atoms with Gasteiger partial charge >= 0.3 is 0 Å². The lowest BCUT2D eigenvalue weighted by Crippen LogP contribution is -2.15. The number of fused-ring (bicyclic) bond motifs is 1. The summed E-state index contributed by atoms with van der Waals surface area (Å²) in [4.78, 5) is 11.3. The first-order chi connectivity index (χ1) is 14.5. The number of nitrogens with zero attached hydrogens (tertiary/aromatic N) is 3. The van der Waals surface area contributed by atoms with Gasteiger partial charge in [-0.15, -0.1) is 10.2 Å². The zero-order chi connectivity index (χ0) is 21.1. The van der Waals surface area contributed by atoms with E-state index in [4.69, 9.17) is 19.6 Å². The molecule has 0 unspecified atom stereocenters. The lowest BCUT2D eigenvalue weighted by Gasteiger charge is -2.13. The number of hydrogen-bond donors (Lipinski definition) is 1. The molecule has 9 heteroatoms. The van der Waals surface area contributed by atoms with Crippen LogP contribution >= 0.6 is 11.8 Å². The zero-order valence-corrected chi connectivity index (χ0v) is 17.8. The van der Waals surface area contributed by atoms with Crippen LogP contribution in [0.4, 0.5) is 0 Å². The van der Waals surface area contributed by atoms with Crippen molar-refractivity contribution in [1.29, 1.82) is 0 Å². The van der Waals surface area contributed by atoms with Gasteiger partial charge in [0.05, 0.1) is 12.9 Å². The maximum Gasteiger partial charge on any atom is 0.219 e. The molecule has 0 fully saturated rings. The lowest BCUT2D eigenvalue weighted by atomic mass is 10.1. The van der Waals surface area contributed by atoms with Crippen molar-refractivity contribution in [3.63, 3.8) is 0 Å². The SMILES string of the molecule is CCOc1cc2c(cc1CSc1nnc(-c3ccco3)n1CCC(N)=O)O[C@H](C)C2. The Labute approximate surface area is 178 Å². The van der Waals surface area contributed by atoms with Gasteiger partial charge in [0.2, 0.25) is 5.91 Å². The Kier molecular flexibility index (Phi) is 5.98. The number of furan rings is 1. The first-order valence-corrected chi connectivity index (χ1v) is 10.9. The van der Waals surface area contributed by atoms with Crippen LogP contribution in [-0.2, 0) is 23.5 Å². The van der Waals surface area contributed by atoms with E-state index in [1.54, 1.807) is 12.3 Å². The molecule has 0 bridgehead atoms. The summed E-state index contributed by atoms with van der Waals surface area (Å²) < 4.78 is 19.1. The number of benzene rings is 1. The summed E-state index contributed by atoms with van der Waals surface area (Å²) in [6.45, 7) is 5.00. The van der Waals surface area contributed by atoms with Gasteiger partial charge < -0.3 is 19.6 Å². The second kappa shape index (κ2) is 8.83. The number of hydrogen-bond acceptors (Lipinski definition) is 7. The van der Waals surface area contributed by atoms with Crippen LogP contribution < -0.4 is 15.2 Å². The quantitative estimate of drug-likeness (QED) is 0.521. The summed E-state index contributed by atoms with van der Waals surface area (Å²) in [5.74, 6) is 3.17. The average molecular weight is 429 g/mol. The highest BCUT2D eigenvalue weighted by Gasteiger charge is 2.23. The molecule has 2 N–H and O–H groups in total. The Balaban J connectivity index is 1.59. The van der Waals surface area contributed by atoms with E-state index in [0.717, 1.165) is 23.5 Å². The summed E-state index contributed by atoms with van der Waals surface area (Å²) in [7, 11) is 0. The second-order valence-corrected chi connectivity index (χ2v) is 8.02. The predicted molar refractivity (Wildman–Crippen MR) is 113 cm³/mol. The third-order valence-corrected chi connectivity index (χ3v) is 5.79. The molecular weight excluding hydrogens is 404 g/mol. The molecule has 2 aromatic heterocycles. The normalized spacial score (nSPS) is 15.1. The Morgan fingerprint density at radius 3 is 3.00 bits per heavy atom. The molecule has 0 saturated heterocycles. The highest BCUT2D eigenvalue weighted by atomic mass is 32.2. The fraction of sp³-hybridized carbons (Fsp3) is 0.381. The molecule has 0 spiro atoms. The molecule has 0 aliphatic carbocycles. The monoisotopic (exact) mass is 428 g/mol. The Morgan fingerprint density at radius 1 is 1.40 bits per heavy atom. The van der Waals surface area contributed by atoms with Crippen molar-refractivity contribution in [2.45, 2.75) is 50.2 Å². The second-order valence-electron chi connectivity index (χ2n) is 7.07. The average Bonchev–Trinajstić information content (AvgIpc) is 3.43. The van der Waals surface area contributed by atoms with Crippen LogP contribution in [0.5, 0.6) is 11.5 Å². The largest absolute Gasteiger partial charge is 0.494 e. The Hall–Kier alpha value is -2.94. The lowest BCUT2D eigenvalue weighted by molar-refractivity contribution is -0.118. The van der Waals surface area contributed by atoms with E-state index in [9.17, 15) is 4.79 Å². The summed E-state index contributed by atoms with van der Waals surface area (Å²) in [6.07, 6.45) is 2.82. The maximum absolute atomic E-state index is 11.3. The molecule has 3 heterocycles. The zero-order valence-electron chi connectivity index (χ0n) is 17.0. The molecule has 0 radical (unpaired) electrons. The van der Waals surface area contributed by atoms with Gasteiger partial charge in [0.15, 0.2) is 16.7 Å². The number of rotatable bonds is 9. The molecule has 30 heavy (non-hydrogen) atoms. The third-order valence-electron chi connectivity index (χ3n) is 4.78. The fourth-order valence-corrected chi connectivity index (χ4v) is 4.38. The molecule has 158 valence electrons. The topological polar surface area (TPSA) is 105 Å². The molecule has 1 atom stereocenters. The van der Waals surface area contributed by atoms with E-state index in [-0.39, 0.29) is 18.4 Å². The molecule has 3 aromatic rings. The summed E-state index contributed by atoms with van der Waals surface area (Å²) >= 11 is 1.52. The van der Waals surface area contributed by atoms with Gasteiger partial charge in [-0.2, -0.15) is 0 Å². The van der Waals surface area contributed by atoms with Crippen LogP contribution in [0.15, 0.2) is 40.1 Å². The minimum absolute atomic E-state index is 0.171. The maximum atomic E-state index is 11.3. The van der Waals surface area contributed by atoms with Crippen molar-refractivity contribution in [3.05, 3.63) is 41.7 Å². The van der Waals surface area contributed by atoms with Gasteiger partial charge in [0.25, 0.3) is 0 Å². The minimum Gasteiger partial charge on any atom is -0.494 e. The molecule has 1 aliphatic rings. The highest BCUT2D eigenvalue weighted by molar-refractivity contribution is 7.98. The number of aromatic nitrogens is 3. The van der Waals surface area contributed by atoms with Crippen molar-refractivity contribution in [2.75, 3.05) is 6.61 Å². The van der Waals surface area contributed by atoms with Gasteiger partial charge in [-0.05, 0) is 38.1 Å². The molecular formula is C21H24N4O4S. The molecule has 0 saturated carbocycles. The van der Waals surface area contributed by atoms with Gasteiger partial charge in [0.1, 0.15) is 17.6 Å². The van der Waals surface area contributed by atoms with Crippen LogP contribution in [0.3, 0.4) is 0 Å². The van der Waals surface area contributed by atoms with Gasteiger partial charge in [-0.25, -0.2) is 0 Å². The number of ether oxygens (including phenoxy) is 2. The van der Waals surface area contributed by atoms with E-state index in [0.29, 0.717) is 35.6 Å². The third kappa shape index (κ3) is 4.30. The predicted octanol–water partition coefficient (Wildman–Crippen LogP) is 3.43. The number of nitrogens with two attached hydrogens (primary N) is 1. The molecule has 4 rings (SSSR count). The van der Waals surface area contributed by atoms with Crippen molar-refractivity contribution in [2.24, 2.45) is 5.73 Å². The molecule has 8 nitrogen and oxygen atoms in total. The van der Waals surface area contributed by atoms with Gasteiger partial charge in [-0.1, -0.05) is 11.8 Å². The van der Waals surface area contributed by atoms with Crippen molar-refractivity contribution >= 4 is 17.7 Å². The van der Waals surface area contributed by atoms with Crippen molar-refractivity contribution < 1.29 is 18.7 Å². The molecule has 1 aliphatic heterocycles. The summed E-state index contributed by atoms with van der Waals surface area (Å²) in [5, 5.41) is 9.26. The van der Waals surface area contributed by atoms with Crippen LogP contribution in [0, 0.1) is 0 Å². The highest BCUT2D eigenvalue weighted by Crippen LogP contribution is 2.38. The van der Waals surface area contributed by atoms with Crippen molar-refractivity contribution in [1.82, 2.24) is 14.8 Å². The van der Waals surface area contributed by atoms with E-state index < -0.39 is 0 Å². The first kappa shape index (κ1) is 20.3. The van der Waals surface area contributed by atoms with E-state index in [1.807, 2.05) is 23.6 Å². The smallest absolute Gasteiger partial charge is 0.219 e. The van der Waals surface area contributed by atoms with Crippen LogP contribution in [0.25, 0.3) is 11.6 Å². The van der Waals surface area contributed by atoms with Crippen molar-refractivity contribution in [3.8, 4) is 23.1 Å². The van der Waals surface area contributed by atoms with Crippen LogP contribution in [0.1, 0.15) is 31.4 Å². The van der Waals surface area contributed by atoms with E-state index >= 15 is 0 Å². The standard InChI is InChI=1S/C21H24N4O4S/c1-3-27-17-10-14-9-13(2)29-18(14)11-15(17)12-30-21-24-23-20(16-5-4-8-28-16)25(21)7-6-19(22)26/h4-5,8,10-11,13H,3,6-7,9,12H2,1-2H3,(H2,22,26)/t13-/m1/s1. The van der Waals surface area contributed by atoms with Gasteiger partial charge in [-0.3, -0.25) is 9.36 Å². The van der Waals surface area contributed by atoms with E-state index in [2.05, 4.69) is 23.2 Å². The number of thioether (sulfide) groups is 1. The number of carbonyl (C=O) groups excluding carboxylic acids is 1. The first-order valence-electron chi connectivity index (χ1n) is 9.88. The van der Waals surface area contributed by atoms with Gasteiger partial charge in [0, 0.05) is 36.3 Å².